The number of pyridine rings is 2. The van der Waals surface area contributed by atoms with E-state index < -0.39 is 5.97 Å². The van der Waals surface area contributed by atoms with Gasteiger partial charge in [0.05, 0.1) is 0 Å². The summed E-state index contributed by atoms with van der Waals surface area (Å²) >= 11 is 0. The van der Waals surface area contributed by atoms with Crippen LogP contribution in [0.2, 0.25) is 0 Å². The summed E-state index contributed by atoms with van der Waals surface area (Å²) in [6.45, 7) is 1.07. The summed E-state index contributed by atoms with van der Waals surface area (Å²) in [4.78, 5) is 13.5. The van der Waals surface area contributed by atoms with Gasteiger partial charge in [0.15, 0.2) is 24.8 Å². The van der Waals surface area contributed by atoms with Gasteiger partial charge in [0.25, 0.3) is 0 Å². The Hall–Kier alpha value is -2.23. The Balaban J connectivity index is 1.53. The number of hydrogen-bond acceptors (Lipinski definition) is 1. The Morgan fingerprint density at radius 3 is 1.92 bits per heavy atom. The minimum atomic E-state index is -0.673. The van der Waals surface area contributed by atoms with Gasteiger partial charge in [-0.15, -0.1) is 0 Å². The molecule has 0 aliphatic carbocycles. The van der Waals surface area contributed by atoms with Crippen LogP contribution in [0.3, 0.4) is 0 Å². The summed E-state index contributed by atoms with van der Waals surface area (Å²) in [6, 6.07) is 8.52. The van der Waals surface area contributed by atoms with E-state index in [1.54, 1.807) is 0 Å². The van der Waals surface area contributed by atoms with Crippen molar-refractivity contribution in [2.45, 2.75) is 64.3 Å². The largest absolute Gasteiger partial charge is 0.481 e. The quantitative estimate of drug-likeness (QED) is 0.467. The number of rotatable bonds is 12. The number of aromatic amines is 1. The number of carboxylic acid groups (broad SMARTS) is 1. The zero-order chi connectivity index (χ0) is 17.7. The Labute approximate surface area is 150 Å². The molecule has 0 aliphatic heterocycles. The topological polar surface area (TPSA) is 55.3 Å². The molecule has 2 aromatic heterocycles. The Morgan fingerprint density at radius 1 is 0.800 bits per heavy atom. The third-order valence-electron chi connectivity index (χ3n) is 4.50. The number of carboxylic acids is 1. The van der Waals surface area contributed by atoms with Gasteiger partial charge in [-0.3, -0.25) is 4.79 Å². The first-order chi connectivity index (χ1) is 12.3. The molecule has 25 heavy (non-hydrogen) atoms. The summed E-state index contributed by atoms with van der Waals surface area (Å²) in [5, 5.41) is 8.58. The second-order valence-electron chi connectivity index (χ2n) is 6.59. The highest BCUT2D eigenvalue weighted by molar-refractivity contribution is 5.66. The summed E-state index contributed by atoms with van der Waals surface area (Å²) in [7, 11) is 0. The van der Waals surface area contributed by atoms with E-state index in [0.717, 1.165) is 19.4 Å². The van der Waals surface area contributed by atoms with Crippen molar-refractivity contribution < 1.29 is 19.5 Å². The molecule has 0 unspecified atom stereocenters. The molecule has 2 rings (SSSR count). The standard InChI is InChI=1S/C21H28N2O2/c24-21(25)9-7-5-3-1-2-4-6-8-16-23-17-12-20(13-18-23)19-10-14-22-15-11-19/h10-15,17-18H,1-9,16H2/p+2. The van der Waals surface area contributed by atoms with E-state index in [9.17, 15) is 4.79 Å². The number of nitrogens with zero attached hydrogens (tertiary/aromatic N) is 1. The van der Waals surface area contributed by atoms with Crippen molar-refractivity contribution in [3.05, 3.63) is 49.1 Å². The van der Waals surface area contributed by atoms with E-state index in [1.807, 2.05) is 12.4 Å². The van der Waals surface area contributed by atoms with Crippen LogP contribution in [0, 0.1) is 0 Å². The van der Waals surface area contributed by atoms with E-state index in [4.69, 9.17) is 5.11 Å². The van der Waals surface area contributed by atoms with Crippen LogP contribution in [-0.2, 0) is 11.3 Å². The van der Waals surface area contributed by atoms with E-state index >= 15 is 0 Å². The van der Waals surface area contributed by atoms with Gasteiger partial charge in [0.1, 0.15) is 6.54 Å². The molecule has 4 nitrogen and oxygen atoms in total. The van der Waals surface area contributed by atoms with Crippen LogP contribution < -0.4 is 9.55 Å². The van der Waals surface area contributed by atoms with Gasteiger partial charge in [0.2, 0.25) is 0 Å². The third-order valence-corrected chi connectivity index (χ3v) is 4.50. The fraction of sp³-hybridized carbons (Fsp3) is 0.476. The Morgan fingerprint density at radius 2 is 1.32 bits per heavy atom. The number of H-pyrrole nitrogens is 1. The van der Waals surface area contributed by atoms with Crippen molar-refractivity contribution in [3.8, 4) is 11.1 Å². The van der Waals surface area contributed by atoms with Crippen molar-refractivity contribution in [1.82, 2.24) is 0 Å². The van der Waals surface area contributed by atoms with Crippen LogP contribution in [0.1, 0.15) is 57.8 Å². The van der Waals surface area contributed by atoms with Gasteiger partial charge in [-0.1, -0.05) is 32.1 Å². The first kappa shape index (κ1) is 19.1. The molecule has 0 spiro atoms. The number of unbranched alkanes of at least 4 members (excludes halogenated alkanes) is 7. The minimum Gasteiger partial charge on any atom is -0.481 e. The molecule has 0 radical (unpaired) electrons. The molecule has 0 aliphatic rings. The Kier molecular flexibility index (Phi) is 8.67. The van der Waals surface area contributed by atoms with Crippen molar-refractivity contribution in [2.75, 3.05) is 0 Å². The summed E-state index contributed by atoms with van der Waals surface area (Å²) < 4.78 is 2.25. The van der Waals surface area contributed by atoms with Crippen LogP contribution in [0.25, 0.3) is 11.1 Å². The minimum absolute atomic E-state index is 0.318. The maximum absolute atomic E-state index is 10.4. The molecule has 0 saturated heterocycles. The van der Waals surface area contributed by atoms with E-state index in [1.165, 1.54) is 49.7 Å². The van der Waals surface area contributed by atoms with Crippen LogP contribution in [-0.4, -0.2) is 11.1 Å². The third kappa shape index (κ3) is 7.92. The van der Waals surface area contributed by atoms with E-state index in [-0.39, 0.29) is 0 Å². The normalized spacial score (nSPS) is 10.7. The lowest BCUT2D eigenvalue weighted by atomic mass is 10.1. The summed E-state index contributed by atoms with van der Waals surface area (Å²) in [5.74, 6) is -0.673. The predicted molar refractivity (Wildman–Crippen MR) is 97.8 cm³/mol. The highest BCUT2D eigenvalue weighted by Gasteiger charge is 2.03. The fourth-order valence-electron chi connectivity index (χ4n) is 3.01. The summed E-state index contributed by atoms with van der Waals surface area (Å²) in [5.41, 5.74) is 2.47. The first-order valence-electron chi connectivity index (χ1n) is 9.43. The highest BCUT2D eigenvalue weighted by Crippen LogP contribution is 2.15. The van der Waals surface area contributed by atoms with Crippen LogP contribution in [0.4, 0.5) is 0 Å². The molecule has 0 saturated carbocycles. The molecular weight excluding hydrogens is 312 g/mol. The van der Waals surface area contributed by atoms with Crippen LogP contribution >= 0.6 is 0 Å². The van der Waals surface area contributed by atoms with Crippen molar-refractivity contribution in [1.29, 1.82) is 0 Å². The SMILES string of the molecule is O=C(O)CCCCCCCCCC[n+]1ccc(-c2cc[nH+]cc2)cc1. The fourth-order valence-corrected chi connectivity index (χ4v) is 3.01. The number of hydrogen-bond donors (Lipinski definition) is 1. The number of aromatic nitrogens is 2. The van der Waals surface area contributed by atoms with Crippen molar-refractivity contribution >= 4 is 5.97 Å². The number of aryl methyl sites for hydroxylation is 1. The molecule has 2 heterocycles. The average Bonchev–Trinajstić information content (AvgIpc) is 2.64. The number of nitrogens with one attached hydrogen (secondary N) is 1. The van der Waals surface area contributed by atoms with Crippen molar-refractivity contribution in [2.24, 2.45) is 0 Å². The second kappa shape index (κ2) is 11.3. The zero-order valence-electron chi connectivity index (χ0n) is 15.0. The molecule has 134 valence electrons. The highest BCUT2D eigenvalue weighted by atomic mass is 16.4. The van der Waals surface area contributed by atoms with Crippen LogP contribution in [0.15, 0.2) is 49.1 Å². The summed E-state index contributed by atoms with van der Waals surface area (Å²) in [6.07, 6.45) is 17.8. The van der Waals surface area contributed by atoms with Crippen molar-refractivity contribution in [3.63, 3.8) is 0 Å². The Bertz CT molecular complexity index is 612. The van der Waals surface area contributed by atoms with Gasteiger partial charge >= 0.3 is 5.97 Å². The van der Waals surface area contributed by atoms with Crippen LogP contribution in [0.5, 0.6) is 0 Å². The zero-order valence-corrected chi connectivity index (χ0v) is 15.0. The smallest absolute Gasteiger partial charge is 0.303 e. The van der Waals surface area contributed by atoms with E-state index in [2.05, 4.69) is 46.2 Å². The van der Waals surface area contributed by atoms with Gasteiger partial charge in [-0.2, -0.15) is 0 Å². The second-order valence-corrected chi connectivity index (χ2v) is 6.59. The molecule has 0 atom stereocenters. The molecule has 0 bridgehead atoms. The predicted octanol–water partition coefficient (Wildman–Crippen LogP) is 4.05. The lowest BCUT2D eigenvalue weighted by Gasteiger charge is -2.02. The molecule has 0 fully saturated rings. The maximum atomic E-state index is 10.4. The molecule has 4 heteroatoms. The number of carbonyl (C=O) groups is 1. The lowest BCUT2D eigenvalue weighted by Crippen LogP contribution is -2.32. The monoisotopic (exact) mass is 342 g/mol. The molecular formula is C21H30N2O2+2. The van der Waals surface area contributed by atoms with Gasteiger partial charge in [-0.25, -0.2) is 9.55 Å². The molecule has 2 N–H and O–H groups in total. The molecule has 0 amide bonds. The molecule has 2 aromatic rings. The van der Waals surface area contributed by atoms with Gasteiger partial charge in [0, 0.05) is 37.1 Å². The maximum Gasteiger partial charge on any atom is 0.303 e. The lowest BCUT2D eigenvalue weighted by molar-refractivity contribution is -0.697. The number of aliphatic carboxylic acids is 1. The van der Waals surface area contributed by atoms with Gasteiger partial charge < -0.3 is 5.11 Å². The van der Waals surface area contributed by atoms with Gasteiger partial charge in [-0.05, 0) is 24.0 Å². The van der Waals surface area contributed by atoms with E-state index in [0.29, 0.717) is 6.42 Å². The average molecular weight is 342 g/mol. The first-order valence-corrected chi connectivity index (χ1v) is 9.43. The molecule has 0 aromatic carbocycles.